The predicted molar refractivity (Wildman–Crippen MR) is 106 cm³/mol. The normalized spacial score (nSPS) is 17.9. The minimum Gasteiger partial charge on any atom is -0.378 e. The standard InChI is InChI=1S/C20H30N4O3/c1-23(14-19(25)21-16-4-2-3-5-16)15-20(26)22-17-6-8-18(9-7-17)24-10-12-27-13-11-24/h6-9,16H,2-5,10-15H2,1H3,(H,21,25)(H,22,26). The molecule has 0 spiro atoms. The van der Waals surface area contributed by atoms with Gasteiger partial charge in [-0.15, -0.1) is 0 Å². The largest absolute Gasteiger partial charge is 0.378 e. The number of hydrogen-bond donors (Lipinski definition) is 2. The van der Waals surface area contributed by atoms with Crippen molar-refractivity contribution in [3.8, 4) is 0 Å². The van der Waals surface area contributed by atoms with E-state index in [1.54, 1.807) is 11.9 Å². The van der Waals surface area contributed by atoms with Gasteiger partial charge < -0.3 is 20.3 Å². The molecule has 2 amide bonds. The van der Waals surface area contributed by atoms with Gasteiger partial charge in [-0.1, -0.05) is 12.8 Å². The topological polar surface area (TPSA) is 73.9 Å². The molecular formula is C20H30N4O3. The van der Waals surface area contributed by atoms with Crippen LogP contribution in [0.1, 0.15) is 25.7 Å². The number of morpholine rings is 1. The smallest absolute Gasteiger partial charge is 0.238 e. The lowest BCUT2D eigenvalue weighted by atomic mass is 10.2. The van der Waals surface area contributed by atoms with Gasteiger partial charge in [0, 0.05) is 30.5 Å². The molecule has 2 fully saturated rings. The second-order valence-corrected chi connectivity index (χ2v) is 7.42. The fourth-order valence-corrected chi connectivity index (χ4v) is 3.67. The maximum atomic E-state index is 12.2. The average molecular weight is 374 g/mol. The number of likely N-dealkylation sites (N-methyl/N-ethyl adjacent to an activating group) is 1. The lowest BCUT2D eigenvalue weighted by molar-refractivity contribution is -0.123. The van der Waals surface area contributed by atoms with Crippen LogP contribution < -0.4 is 15.5 Å². The second kappa shape index (κ2) is 9.71. The number of hydrogen-bond acceptors (Lipinski definition) is 5. The van der Waals surface area contributed by atoms with Crippen LogP contribution in [0.5, 0.6) is 0 Å². The van der Waals surface area contributed by atoms with E-state index in [9.17, 15) is 9.59 Å². The molecule has 0 aromatic heterocycles. The van der Waals surface area contributed by atoms with Crippen molar-refractivity contribution in [1.29, 1.82) is 0 Å². The van der Waals surface area contributed by atoms with Crippen LogP contribution >= 0.6 is 0 Å². The van der Waals surface area contributed by atoms with Crippen LogP contribution in [0.4, 0.5) is 11.4 Å². The van der Waals surface area contributed by atoms with Crippen molar-refractivity contribution in [3.63, 3.8) is 0 Å². The predicted octanol–water partition coefficient (Wildman–Crippen LogP) is 1.45. The lowest BCUT2D eigenvalue weighted by Crippen LogP contribution is -2.42. The maximum absolute atomic E-state index is 12.2. The molecule has 2 N–H and O–H groups in total. The molecule has 1 aliphatic heterocycles. The molecule has 1 heterocycles. The molecule has 1 saturated heterocycles. The van der Waals surface area contributed by atoms with Crippen LogP contribution in [0.25, 0.3) is 0 Å². The molecule has 3 rings (SSSR count). The minimum absolute atomic E-state index is 0.00735. The Morgan fingerprint density at radius 2 is 1.70 bits per heavy atom. The van der Waals surface area contributed by atoms with Crippen molar-refractivity contribution in [2.45, 2.75) is 31.7 Å². The van der Waals surface area contributed by atoms with Crippen molar-refractivity contribution in [2.75, 3.05) is 56.7 Å². The highest BCUT2D eigenvalue weighted by Gasteiger charge is 2.18. The Labute approximate surface area is 161 Å². The van der Waals surface area contributed by atoms with Crippen LogP contribution in [0.2, 0.25) is 0 Å². The van der Waals surface area contributed by atoms with Gasteiger partial charge in [-0.05, 0) is 44.2 Å². The Morgan fingerprint density at radius 1 is 1.07 bits per heavy atom. The lowest BCUT2D eigenvalue weighted by Gasteiger charge is -2.28. The summed E-state index contributed by atoms with van der Waals surface area (Å²) in [6.07, 6.45) is 4.51. The van der Waals surface area contributed by atoms with E-state index in [1.807, 2.05) is 24.3 Å². The Bertz CT molecular complexity index is 623. The molecule has 7 nitrogen and oxygen atoms in total. The Balaban J connectivity index is 1.40. The first-order valence-electron chi connectivity index (χ1n) is 9.80. The summed E-state index contributed by atoms with van der Waals surface area (Å²) in [6.45, 7) is 3.69. The van der Waals surface area contributed by atoms with Crippen LogP contribution in [-0.4, -0.2) is 69.2 Å². The van der Waals surface area contributed by atoms with E-state index in [0.29, 0.717) is 6.04 Å². The van der Waals surface area contributed by atoms with Crippen LogP contribution in [0.15, 0.2) is 24.3 Å². The van der Waals surface area contributed by atoms with Gasteiger partial charge in [-0.25, -0.2) is 0 Å². The van der Waals surface area contributed by atoms with Gasteiger partial charge in [0.25, 0.3) is 0 Å². The summed E-state index contributed by atoms with van der Waals surface area (Å²) < 4.78 is 5.37. The van der Waals surface area contributed by atoms with Crippen LogP contribution in [0.3, 0.4) is 0 Å². The van der Waals surface area contributed by atoms with Gasteiger partial charge in [0.15, 0.2) is 0 Å². The van der Waals surface area contributed by atoms with E-state index in [2.05, 4.69) is 15.5 Å². The van der Waals surface area contributed by atoms with Gasteiger partial charge >= 0.3 is 0 Å². The van der Waals surface area contributed by atoms with Crippen LogP contribution in [0, 0.1) is 0 Å². The number of amides is 2. The quantitative estimate of drug-likeness (QED) is 0.756. The Hall–Kier alpha value is -2.12. The summed E-state index contributed by atoms with van der Waals surface area (Å²) in [4.78, 5) is 28.3. The number of anilines is 2. The van der Waals surface area contributed by atoms with Gasteiger partial charge in [0.2, 0.25) is 11.8 Å². The van der Waals surface area contributed by atoms with Crippen molar-refractivity contribution >= 4 is 23.2 Å². The molecule has 0 atom stereocenters. The third-order valence-corrected chi connectivity index (χ3v) is 5.07. The van der Waals surface area contributed by atoms with Crippen LogP contribution in [-0.2, 0) is 14.3 Å². The van der Waals surface area contributed by atoms with Crippen molar-refractivity contribution in [1.82, 2.24) is 10.2 Å². The SMILES string of the molecule is CN(CC(=O)Nc1ccc(N2CCOCC2)cc1)CC(=O)NC1CCCC1. The van der Waals surface area contributed by atoms with E-state index in [4.69, 9.17) is 4.74 Å². The third kappa shape index (κ3) is 6.22. The zero-order valence-electron chi connectivity index (χ0n) is 16.1. The number of benzene rings is 1. The van der Waals surface area contributed by atoms with E-state index in [1.165, 1.54) is 12.8 Å². The first-order chi connectivity index (χ1) is 13.1. The second-order valence-electron chi connectivity index (χ2n) is 7.42. The van der Waals surface area contributed by atoms with E-state index in [-0.39, 0.29) is 24.9 Å². The summed E-state index contributed by atoms with van der Waals surface area (Å²) in [5.41, 5.74) is 1.90. The molecule has 1 aromatic carbocycles. The maximum Gasteiger partial charge on any atom is 0.238 e. The van der Waals surface area contributed by atoms with Gasteiger partial charge in [0.05, 0.1) is 26.3 Å². The first kappa shape index (κ1) is 19.6. The van der Waals surface area contributed by atoms with Gasteiger partial charge in [-0.2, -0.15) is 0 Å². The number of rotatable bonds is 7. The van der Waals surface area contributed by atoms with Gasteiger partial charge in [-0.3, -0.25) is 14.5 Å². The van der Waals surface area contributed by atoms with Crippen molar-refractivity contribution in [3.05, 3.63) is 24.3 Å². The number of carbonyl (C=O) groups is 2. The molecule has 0 unspecified atom stereocenters. The number of nitrogens with zero attached hydrogens (tertiary/aromatic N) is 2. The number of carbonyl (C=O) groups excluding carboxylic acids is 2. The first-order valence-corrected chi connectivity index (χ1v) is 9.80. The summed E-state index contributed by atoms with van der Waals surface area (Å²) in [5, 5.41) is 5.94. The average Bonchev–Trinajstić information content (AvgIpc) is 3.15. The molecular weight excluding hydrogens is 344 g/mol. The molecule has 1 aliphatic carbocycles. The van der Waals surface area contributed by atoms with Crippen molar-refractivity contribution < 1.29 is 14.3 Å². The highest BCUT2D eigenvalue weighted by atomic mass is 16.5. The monoisotopic (exact) mass is 374 g/mol. The highest BCUT2D eigenvalue weighted by molar-refractivity contribution is 5.92. The molecule has 148 valence electrons. The molecule has 1 aromatic rings. The van der Waals surface area contributed by atoms with Gasteiger partial charge in [0.1, 0.15) is 0 Å². The molecule has 7 heteroatoms. The summed E-state index contributed by atoms with van der Waals surface area (Å²) in [7, 11) is 1.79. The summed E-state index contributed by atoms with van der Waals surface area (Å²) in [5.74, 6) is -0.127. The molecule has 0 radical (unpaired) electrons. The van der Waals surface area contributed by atoms with E-state index < -0.39 is 0 Å². The van der Waals surface area contributed by atoms with E-state index in [0.717, 1.165) is 50.5 Å². The summed E-state index contributed by atoms with van der Waals surface area (Å²) >= 11 is 0. The number of ether oxygens (including phenoxy) is 1. The zero-order valence-corrected chi connectivity index (χ0v) is 16.1. The fraction of sp³-hybridized carbons (Fsp3) is 0.600. The molecule has 0 bridgehead atoms. The summed E-state index contributed by atoms with van der Waals surface area (Å²) in [6, 6.07) is 8.16. The molecule has 2 aliphatic rings. The Morgan fingerprint density at radius 3 is 2.37 bits per heavy atom. The highest BCUT2D eigenvalue weighted by Crippen LogP contribution is 2.19. The fourth-order valence-electron chi connectivity index (χ4n) is 3.67. The Kier molecular flexibility index (Phi) is 7.06. The van der Waals surface area contributed by atoms with Crippen molar-refractivity contribution in [2.24, 2.45) is 0 Å². The molecule has 27 heavy (non-hydrogen) atoms. The molecule has 1 saturated carbocycles. The zero-order chi connectivity index (χ0) is 19.1. The number of nitrogens with one attached hydrogen (secondary N) is 2. The van der Waals surface area contributed by atoms with E-state index >= 15 is 0 Å². The minimum atomic E-state index is -0.120. The third-order valence-electron chi connectivity index (χ3n) is 5.07.